The molecule has 274 valence electrons. The molecule has 6 nitrogen and oxygen atoms in total. The molecule has 0 rings (SSSR count). The predicted molar refractivity (Wildman–Crippen MR) is 207 cm³/mol. The number of rotatable bonds is 32. The molecule has 0 aliphatic heterocycles. The van der Waals surface area contributed by atoms with E-state index < -0.39 is 28.0 Å². The second-order valence-electron chi connectivity index (χ2n) is 12.5. The Morgan fingerprint density at radius 2 is 1.00 bits per heavy atom. The van der Waals surface area contributed by atoms with E-state index in [0.717, 1.165) is 83.5 Å². The van der Waals surface area contributed by atoms with E-state index in [4.69, 9.17) is 0 Å². The molecule has 2 unspecified atom stereocenters. The lowest BCUT2D eigenvalue weighted by atomic mass is 10.1. The standard InChI is InChI=1S/C41H69NO5S/c1-3-5-7-9-11-13-15-16-17-18-19-20-21-22-23-24-25-26-27-29-31-33-35-37-41(44)42-39(38-48(45,46)47)40(43)36-34-32-30-28-14-12-10-8-6-4-2/h5,7,11,13,16-17,19-20,22-23,25-26,34,36,39-40,43H,3-4,6,8-10,12,14-15,18,21,24,27-33,35,37-38H2,1-2H3,(H,42,44)(H,45,46,47)/b7-5-,13-11-,17-16-,20-19-,23-22-,26-25-,36-34+. The number of hydrogen-bond acceptors (Lipinski definition) is 4. The van der Waals surface area contributed by atoms with Gasteiger partial charge in [0.15, 0.2) is 0 Å². The predicted octanol–water partition coefficient (Wildman–Crippen LogP) is 10.8. The van der Waals surface area contributed by atoms with Crippen LogP contribution in [0, 0.1) is 0 Å². The van der Waals surface area contributed by atoms with Crippen molar-refractivity contribution in [3.8, 4) is 0 Å². The second kappa shape index (κ2) is 34.4. The summed E-state index contributed by atoms with van der Waals surface area (Å²) < 4.78 is 32.3. The lowest BCUT2D eigenvalue weighted by molar-refractivity contribution is -0.122. The first kappa shape index (κ1) is 45.5. The van der Waals surface area contributed by atoms with Crippen LogP contribution < -0.4 is 5.32 Å². The Balaban J connectivity index is 4.02. The molecule has 0 aromatic heterocycles. The largest absolute Gasteiger partial charge is 0.387 e. The van der Waals surface area contributed by atoms with Crippen LogP contribution in [0.1, 0.15) is 149 Å². The van der Waals surface area contributed by atoms with E-state index in [1.807, 2.05) is 6.08 Å². The van der Waals surface area contributed by atoms with Gasteiger partial charge in [-0.05, 0) is 70.6 Å². The SMILES string of the molecule is CC/C=C\C/C=C\C/C=C\C/C=C\C/C=C\C/C=C\CCCCCCC(=O)NC(CS(=O)(=O)O)C(O)/C=C/CCCCCCCCCC. The first-order chi connectivity index (χ1) is 23.3. The number of hydrogen-bond donors (Lipinski definition) is 3. The molecule has 1 amide bonds. The topological polar surface area (TPSA) is 104 Å². The number of nitrogens with one attached hydrogen (secondary N) is 1. The monoisotopic (exact) mass is 687 g/mol. The van der Waals surface area contributed by atoms with E-state index in [9.17, 15) is 22.9 Å². The Labute approximate surface area is 295 Å². The molecule has 0 bridgehead atoms. The van der Waals surface area contributed by atoms with E-state index in [1.165, 1.54) is 44.6 Å². The Morgan fingerprint density at radius 3 is 1.48 bits per heavy atom. The van der Waals surface area contributed by atoms with E-state index in [-0.39, 0.29) is 12.3 Å². The molecule has 0 spiro atoms. The Kier molecular flexibility index (Phi) is 32.6. The summed E-state index contributed by atoms with van der Waals surface area (Å²) in [6.07, 6.45) is 50.0. The zero-order valence-corrected chi connectivity index (χ0v) is 31.1. The van der Waals surface area contributed by atoms with Crippen LogP contribution in [0.4, 0.5) is 0 Å². The van der Waals surface area contributed by atoms with Crippen molar-refractivity contribution in [1.82, 2.24) is 5.32 Å². The van der Waals surface area contributed by atoms with Gasteiger partial charge in [0.2, 0.25) is 5.91 Å². The summed E-state index contributed by atoms with van der Waals surface area (Å²) in [5.41, 5.74) is 0. The lowest BCUT2D eigenvalue weighted by Gasteiger charge is -2.21. The first-order valence-corrected chi connectivity index (χ1v) is 20.4. The molecule has 0 aromatic rings. The second-order valence-corrected chi connectivity index (χ2v) is 14.0. The van der Waals surface area contributed by atoms with Gasteiger partial charge in [-0.3, -0.25) is 9.35 Å². The van der Waals surface area contributed by atoms with Gasteiger partial charge in [-0.1, -0.05) is 157 Å². The first-order valence-electron chi connectivity index (χ1n) is 18.8. The molecule has 3 N–H and O–H groups in total. The van der Waals surface area contributed by atoms with Gasteiger partial charge in [-0.15, -0.1) is 0 Å². The van der Waals surface area contributed by atoms with E-state index in [1.54, 1.807) is 0 Å². The maximum absolute atomic E-state index is 12.5. The minimum atomic E-state index is -4.35. The van der Waals surface area contributed by atoms with E-state index in [0.29, 0.717) is 6.42 Å². The van der Waals surface area contributed by atoms with Crippen LogP contribution in [0.25, 0.3) is 0 Å². The van der Waals surface area contributed by atoms with Crippen molar-refractivity contribution in [2.24, 2.45) is 0 Å². The van der Waals surface area contributed by atoms with Crippen molar-refractivity contribution in [3.05, 3.63) is 85.1 Å². The van der Waals surface area contributed by atoms with Gasteiger partial charge in [0.1, 0.15) is 0 Å². The highest BCUT2D eigenvalue weighted by molar-refractivity contribution is 7.85. The van der Waals surface area contributed by atoms with Crippen LogP contribution in [0.5, 0.6) is 0 Å². The normalized spacial score (nSPS) is 14.3. The molecule has 0 aromatic carbocycles. The van der Waals surface area contributed by atoms with Crippen LogP contribution in [-0.2, 0) is 14.9 Å². The summed E-state index contributed by atoms with van der Waals surface area (Å²) in [6, 6.07) is -1.07. The summed E-state index contributed by atoms with van der Waals surface area (Å²) in [5.74, 6) is -1.02. The molecule has 0 aliphatic rings. The molecular formula is C41H69NO5S. The van der Waals surface area contributed by atoms with Crippen LogP contribution >= 0.6 is 0 Å². The maximum atomic E-state index is 12.5. The van der Waals surface area contributed by atoms with Crippen molar-refractivity contribution >= 4 is 16.0 Å². The number of carbonyl (C=O) groups is 1. The van der Waals surface area contributed by atoms with Crippen molar-refractivity contribution in [3.63, 3.8) is 0 Å². The Morgan fingerprint density at radius 1 is 0.583 bits per heavy atom. The third kappa shape index (κ3) is 34.8. The summed E-state index contributed by atoms with van der Waals surface area (Å²) in [5, 5.41) is 13.1. The van der Waals surface area contributed by atoms with Crippen LogP contribution in [0.2, 0.25) is 0 Å². The maximum Gasteiger partial charge on any atom is 0.267 e. The van der Waals surface area contributed by atoms with Crippen molar-refractivity contribution in [2.45, 2.75) is 161 Å². The van der Waals surface area contributed by atoms with Crippen molar-refractivity contribution in [2.75, 3.05) is 5.75 Å². The molecule has 0 saturated carbocycles. The molecule has 0 saturated heterocycles. The average Bonchev–Trinajstić information content (AvgIpc) is 3.05. The number of amides is 1. The van der Waals surface area contributed by atoms with Gasteiger partial charge < -0.3 is 10.4 Å². The summed E-state index contributed by atoms with van der Waals surface area (Å²) in [6.45, 7) is 4.36. The zero-order chi connectivity index (χ0) is 35.4. The zero-order valence-electron chi connectivity index (χ0n) is 30.3. The molecule has 0 heterocycles. The molecule has 2 atom stereocenters. The molecule has 0 fully saturated rings. The fraction of sp³-hybridized carbons (Fsp3) is 0.634. The van der Waals surface area contributed by atoms with Gasteiger partial charge in [0.05, 0.1) is 17.9 Å². The van der Waals surface area contributed by atoms with Crippen LogP contribution in [-0.4, -0.2) is 41.9 Å². The fourth-order valence-electron chi connectivity index (χ4n) is 5.04. The van der Waals surface area contributed by atoms with E-state index in [2.05, 4.69) is 92.1 Å². The van der Waals surface area contributed by atoms with Crippen LogP contribution in [0.3, 0.4) is 0 Å². The lowest BCUT2D eigenvalue weighted by Crippen LogP contribution is -2.46. The smallest absolute Gasteiger partial charge is 0.267 e. The quantitative estimate of drug-likeness (QED) is 0.0371. The number of unbranched alkanes of at least 4 members (excludes halogenated alkanes) is 12. The number of aliphatic hydroxyl groups excluding tert-OH is 1. The number of allylic oxidation sites excluding steroid dienone is 13. The van der Waals surface area contributed by atoms with Crippen molar-refractivity contribution < 1.29 is 22.9 Å². The van der Waals surface area contributed by atoms with Gasteiger partial charge >= 0.3 is 0 Å². The highest BCUT2D eigenvalue weighted by atomic mass is 32.2. The minimum absolute atomic E-state index is 0.260. The highest BCUT2D eigenvalue weighted by Crippen LogP contribution is 2.11. The summed E-state index contributed by atoms with van der Waals surface area (Å²) >= 11 is 0. The summed E-state index contributed by atoms with van der Waals surface area (Å²) in [4.78, 5) is 12.5. The fourth-order valence-corrected chi connectivity index (χ4v) is 5.77. The van der Waals surface area contributed by atoms with Crippen LogP contribution in [0.15, 0.2) is 85.1 Å². The van der Waals surface area contributed by atoms with Gasteiger partial charge in [0.25, 0.3) is 10.1 Å². The molecule has 0 aliphatic carbocycles. The average molecular weight is 688 g/mol. The van der Waals surface area contributed by atoms with Gasteiger partial charge in [-0.25, -0.2) is 0 Å². The minimum Gasteiger partial charge on any atom is -0.387 e. The molecule has 0 radical (unpaired) electrons. The highest BCUT2D eigenvalue weighted by Gasteiger charge is 2.24. The van der Waals surface area contributed by atoms with E-state index >= 15 is 0 Å². The van der Waals surface area contributed by atoms with Crippen molar-refractivity contribution in [1.29, 1.82) is 0 Å². The molecular weight excluding hydrogens is 619 g/mol. The Bertz CT molecular complexity index is 1070. The third-order valence-corrected chi connectivity index (χ3v) is 8.61. The summed E-state index contributed by atoms with van der Waals surface area (Å²) in [7, 11) is -4.35. The number of aliphatic hydroxyl groups is 1. The molecule has 48 heavy (non-hydrogen) atoms. The van der Waals surface area contributed by atoms with Gasteiger partial charge in [0, 0.05) is 6.42 Å². The molecule has 7 heteroatoms. The Hall–Kier alpha value is -2.48. The number of carbonyl (C=O) groups excluding carboxylic acids is 1. The third-order valence-electron chi connectivity index (χ3n) is 7.83. The van der Waals surface area contributed by atoms with Gasteiger partial charge in [-0.2, -0.15) is 8.42 Å².